The lowest BCUT2D eigenvalue weighted by Gasteiger charge is -2.35. The van der Waals surface area contributed by atoms with Gasteiger partial charge in [0.25, 0.3) is 5.69 Å². The maximum atomic E-state index is 11.7. The summed E-state index contributed by atoms with van der Waals surface area (Å²) >= 11 is 0. The van der Waals surface area contributed by atoms with Gasteiger partial charge in [-0.3, -0.25) is 5.21 Å². The Kier molecular flexibility index (Phi) is 5.52. The highest BCUT2D eigenvalue weighted by Gasteiger charge is 2.37. The smallest absolute Gasteiger partial charge is 0.338 e. The van der Waals surface area contributed by atoms with Crippen molar-refractivity contribution in [3.8, 4) is 0 Å². The Morgan fingerprint density at radius 1 is 1.38 bits per heavy atom. The van der Waals surface area contributed by atoms with Crippen molar-refractivity contribution < 1.29 is 23.9 Å². The van der Waals surface area contributed by atoms with Gasteiger partial charge in [0.15, 0.2) is 8.32 Å². The number of hydrogen-bond donors (Lipinski definition) is 1. The van der Waals surface area contributed by atoms with Crippen molar-refractivity contribution in [2.24, 2.45) is 0 Å². The van der Waals surface area contributed by atoms with Gasteiger partial charge in [0, 0.05) is 16.9 Å². The fraction of sp³-hybridized carbons (Fsp3) is 0.600. The van der Waals surface area contributed by atoms with Crippen LogP contribution in [0.3, 0.4) is 0 Å². The molecule has 0 saturated heterocycles. The predicted octanol–water partition coefficient (Wildman–Crippen LogP) is 2.91. The van der Waals surface area contributed by atoms with E-state index in [1.165, 1.54) is 12.3 Å². The Hall–Kier alpha value is -1.40. The van der Waals surface area contributed by atoms with E-state index in [-0.39, 0.29) is 11.6 Å². The van der Waals surface area contributed by atoms with Crippen LogP contribution in [-0.2, 0) is 15.8 Å². The first-order chi connectivity index (χ1) is 9.58. The standard InChI is InChI=1S/C15H26NO4Si/c1-7-19-14(17)12-8-9-16(18)13(10-12)11-20-21(5,6)15(2,3)4/h8-10,18H,7,11H2,1-6H3/q+1. The normalized spacial score (nSPS) is 12.3. The van der Waals surface area contributed by atoms with Crippen molar-refractivity contribution in [1.82, 2.24) is 0 Å². The van der Waals surface area contributed by atoms with Crippen LogP contribution in [0.2, 0.25) is 18.1 Å². The van der Waals surface area contributed by atoms with Crippen LogP contribution in [0.5, 0.6) is 0 Å². The Morgan fingerprint density at radius 3 is 2.52 bits per heavy atom. The monoisotopic (exact) mass is 312 g/mol. The number of carbonyl (C=O) groups excluding carboxylic acids is 1. The van der Waals surface area contributed by atoms with E-state index in [4.69, 9.17) is 9.16 Å². The molecule has 0 atom stereocenters. The van der Waals surface area contributed by atoms with E-state index in [2.05, 4.69) is 33.9 Å². The van der Waals surface area contributed by atoms with E-state index in [1.807, 2.05) is 0 Å². The first-order valence-corrected chi connectivity index (χ1v) is 10.0. The average molecular weight is 312 g/mol. The molecule has 0 fully saturated rings. The molecule has 0 unspecified atom stereocenters. The van der Waals surface area contributed by atoms with Crippen molar-refractivity contribution in [3.63, 3.8) is 0 Å². The highest BCUT2D eigenvalue weighted by Crippen LogP contribution is 2.36. The summed E-state index contributed by atoms with van der Waals surface area (Å²) in [6.45, 7) is 13.1. The molecule has 6 heteroatoms. The molecule has 0 amide bonds. The van der Waals surface area contributed by atoms with E-state index < -0.39 is 14.3 Å². The third kappa shape index (κ3) is 4.54. The molecular weight excluding hydrogens is 286 g/mol. The second kappa shape index (κ2) is 6.57. The Bertz CT molecular complexity index is 509. The lowest BCUT2D eigenvalue weighted by molar-refractivity contribution is -0.910. The fourth-order valence-corrected chi connectivity index (χ4v) is 2.40. The SMILES string of the molecule is CCOC(=O)c1cc[n+](O)c(CO[Si](C)(C)C(C)(C)C)c1. The molecule has 0 aromatic carbocycles. The highest BCUT2D eigenvalue weighted by atomic mass is 28.4. The Morgan fingerprint density at radius 2 is 2.00 bits per heavy atom. The fourth-order valence-electron chi connectivity index (χ4n) is 1.46. The predicted molar refractivity (Wildman–Crippen MR) is 81.8 cm³/mol. The Labute approximate surface area is 127 Å². The summed E-state index contributed by atoms with van der Waals surface area (Å²) in [6, 6.07) is 3.12. The third-order valence-electron chi connectivity index (χ3n) is 3.91. The van der Waals surface area contributed by atoms with Crippen molar-refractivity contribution in [2.75, 3.05) is 6.61 Å². The molecule has 5 nitrogen and oxygen atoms in total. The molecule has 1 heterocycles. The van der Waals surface area contributed by atoms with Crippen molar-refractivity contribution in [1.29, 1.82) is 0 Å². The van der Waals surface area contributed by atoms with Gasteiger partial charge in [0.1, 0.15) is 6.61 Å². The van der Waals surface area contributed by atoms with Crippen molar-refractivity contribution >= 4 is 14.3 Å². The zero-order chi connectivity index (χ0) is 16.3. The molecule has 0 aliphatic carbocycles. The summed E-state index contributed by atoms with van der Waals surface area (Å²) in [5.74, 6) is -0.397. The largest absolute Gasteiger partial charge is 0.462 e. The van der Waals surface area contributed by atoms with Gasteiger partial charge in [0.05, 0.1) is 12.2 Å². The molecular formula is C15H26NO4Si+. The van der Waals surface area contributed by atoms with Crippen LogP contribution >= 0.6 is 0 Å². The summed E-state index contributed by atoms with van der Waals surface area (Å²) < 4.78 is 12.0. The van der Waals surface area contributed by atoms with E-state index >= 15 is 0 Å². The van der Waals surface area contributed by atoms with E-state index in [0.29, 0.717) is 17.9 Å². The van der Waals surface area contributed by atoms with Crippen LogP contribution in [0.15, 0.2) is 18.3 Å². The lowest BCUT2D eigenvalue weighted by atomic mass is 10.2. The number of nitrogens with zero attached hydrogens (tertiary/aromatic N) is 1. The van der Waals surface area contributed by atoms with Gasteiger partial charge in [-0.25, -0.2) is 4.79 Å². The number of ether oxygens (including phenoxy) is 1. The molecule has 0 spiro atoms. The van der Waals surface area contributed by atoms with Crippen LogP contribution in [0.4, 0.5) is 0 Å². The molecule has 1 rings (SSSR count). The summed E-state index contributed by atoms with van der Waals surface area (Å²) in [4.78, 5) is 11.7. The van der Waals surface area contributed by atoms with Gasteiger partial charge in [0.2, 0.25) is 6.20 Å². The van der Waals surface area contributed by atoms with Gasteiger partial charge in [-0.1, -0.05) is 20.8 Å². The van der Waals surface area contributed by atoms with Gasteiger partial charge < -0.3 is 9.16 Å². The van der Waals surface area contributed by atoms with E-state index in [1.54, 1.807) is 13.0 Å². The molecule has 21 heavy (non-hydrogen) atoms. The third-order valence-corrected chi connectivity index (χ3v) is 8.39. The first kappa shape index (κ1) is 17.6. The topological polar surface area (TPSA) is 59.6 Å². The summed E-state index contributed by atoms with van der Waals surface area (Å²) in [5.41, 5.74) is 0.946. The van der Waals surface area contributed by atoms with Gasteiger partial charge in [-0.05, 0) is 25.1 Å². The quantitative estimate of drug-likeness (QED) is 0.393. The molecule has 0 saturated carbocycles. The molecule has 1 aromatic heterocycles. The highest BCUT2D eigenvalue weighted by molar-refractivity contribution is 6.74. The molecule has 0 bridgehead atoms. The second-order valence-corrected chi connectivity index (χ2v) is 11.3. The maximum absolute atomic E-state index is 11.7. The number of pyridine rings is 1. The molecule has 1 N–H and O–H groups in total. The summed E-state index contributed by atoms with van der Waals surface area (Å²) in [6.07, 6.45) is 1.43. The first-order valence-electron chi connectivity index (χ1n) is 7.13. The minimum Gasteiger partial charge on any atom is -0.462 e. The molecule has 0 aliphatic rings. The van der Waals surface area contributed by atoms with E-state index in [9.17, 15) is 10.0 Å². The average Bonchev–Trinajstić information content (AvgIpc) is 2.36. The number of hydrogen-bond acceptors (Lipinski definition) is 4. The minimum absolute atomic E-state index is 0.0893. The van der Waals surface area contributed by atoms with Gasteiger partial charge >= 0.3 is 5.97 Å². The number of carbonyl (C=O) groups is 1. The Balaban J connectivity index is 2.89. The number of esters is 1. The van der Waals surface area contributed by atoms with Crippen LogP contribution < -0.4 is 4.73 Å². The molecule has 118 valence electrons. The van der Waals surface area contributed by atoms with Crippen LogP contribution in [0.1, 0.15) is 43.7 Å². The van der Waals surface area contributed by atoms with Gasteiger partial charge in [-0.15, -0.1) is 0 Å². The second-order valence-electron chi connectivity index (χ2n) is 6.52. The zero-order valence-corrected chi connectivity index (χ0v) is 14.8. The summed E-state index contributed by atoms with van der Waals surface area (Å²) in [5, 5.41) is 9.94. The lowest BCUT2D eigenvalue weighted by Crippen LogP contribution is -2.43. The summed E-state index contributed by atoms with van der Waals surface area (Å²) in [7, 11) is -1.91. The van der Waals surface area contributed by atoms with Crippen molar-refractivity contribution in [3.05, 3.63) is 29.6 Å². The minimum atomic E-state index is -1.91. The van der Waals surface area contributed by atoms with Crippen molar-refractivity contribution in [2.45, 2.75) is 52.4 Å². The van der Waals surface area contributed by atoms with Crippen LogP contribution in [0, 0.1) is 0 Å². The van der Waals surface area contributed by atoms with Crippen LogP contribution in [0.25, 0.3) is 0 Å². The number of aromatic nitrogens is 1. The maximum Gasteiger partial charge on any atom is 0.338 e. The molecule has 1 aromatic rings. The van der Waals surface area contributed by atoms with Gasteiger partial charge in [-0.2, -0.15) is 0 Å². The zero-order valence-electron chi connectivity index (χ0n) is 13.8. The van der Waals surface area contributed by atoms with Crippen LogP contribution in [-0.4, -0.2) is 26.1 Å². The number of rotatable bonds is 5. The van der Waals surface area contributed by atoms with E-state index in [0.717, 1.165) is 4.73 Å². The molecule has 0 aliphatic heterocycles. The molecule has 0 radical (unpaired) electrons.